The number of amides is 2. The van der Waals surface area contributed by atoms with Gasteiger partial charge in [-0.2, -0.15) is 0 Å². The summed E-state index contributed by atoms with van der Waals surface area (Å²) in [5.74, 6) is 0.157. The van der Waals surface area contributed by atoms with E-state index in [1.807, 2.05) is 41.3 Å². The maximum absolute atomic E-state index is 13.0. The molecule has 0 spiro atoms. The Balaban J connectivity index is 0.907. The van der Waals surface area contributed by atoms with Crippen molar-refractivity contribution in [3.63, 3.8) is 0 Å². The van der Waals surface area contributed by atoms with E-state index in [9.17, 15) is 14.7 Å². The minimum atomic E-state index is -0.397. The van der Waals surface area contributed by atoms with Crippen LogP contribution in [-0.2, 0) is 55.8 Å². The highest BCUT2D eigenvalue weighted by molar-refractivity contribution is 5.98. The number of nitrogens with one attached hydrogen (secondary N) is 1. The Hall–Kier alpha value is -4.14. The van der Waals surface area contributed by atoms with Crippen LogP contribution in [0.2, 0.25) is 0 Å². The second kappa shape index (κ2) is 27.7. The Kier molecular flexibility index (Phi) is 21.8. The lowest BCUT2D eigenvalue weighted by Gasteiger charge is -2.44. The van der Waals surface area contributed by atoms with Gasteiger partial charge in [0.25, 0.3) is 5.91 Å². The number of rotatable bonds is 32. The quantitative estimate of drug-likeness (QED) is 0.0775. The molecule has 1 saturated carbocycles. The number of aliphatic hydroxyl groups is 1. The number of nitrogens with zero attached hydrogens (tertiary/aromatic N) is 4. The van der Waals surface area contributed by atoms with Gasteiger partial charge in [0.2, 0.25) is 11.7 Å². The van der Waals surface area contributed by atoms with Crippen molar-refractivity contribution in [1.29, 1.82) is 0 Å². The summed E-state index contributed by atoms with van der Waals surface area (Å²) in [5, 5.41) is 12.8. The molecule has 61 heavy (non-hydrogen) atoms. The molecule has 1 atom stereocenters. The first-order valence-electron chi connectivity index (χ1n) is 21.3. The summed E-state index contributed by atoms with van der Waals surface area (Å²) in [6, 6.07) is 14.0. The normalized spacial score (nSPS) is 15.0. The molecule has 2 aromatic carbocycles. The Morgan fingerprint density at radius 2 is 1.20 bits per heavy atom. The summed E-state index contributed by atoms with van der Waals surface area (Å²) in [6.45, 7) is 11.2. The maximum Gasteiger partial charge on any atom is 0.289 e. The molecule has 2 amide bonds. The Bertz CT molecular complexity index is 1720. The van der Waals surface area contributed by atoms with Gasteiger partial charge in [0.1, 0.15) is 0 Å². The number of carbonyl (C=O) groups excluding carboxylic acids is 2. The molecule has 1 aliphatic carbocycles. The second-order valence-electron chi connectivity index (χ2n) is 14.5. The number of carbonyl (C=O) groups is 2. The molecule has 0 saturated heterocycles. The van der Waals surface area contributed by atoms with Crippen molar-refractivity contribution in [2.45, 2.75) is 39.0 Å². The maximum atomic E-state index is 13.0. The van der Waals surface area contributed by atoms with Crippen LogP contribution < -0.4 is 20.9 Å². The van der Waals surface area contributed by atoms with E-state index >= 15 is 0 Å². The topological polar surface area (TPSA) is 199 Å². The summed E-state index contributed by atoms with van der Waals surface area (Å²) >= 11 is 0. The smallest absolute Gasteiger partial charge is 0.289 e. The fourth-order valence-electron chi connectivity index (χ4n) is 6.84. The third-order valence-corrected chi connectivity index (χ3v) is 10.1. The van der Waals surface area contributed by atoms with Crippen molar-refractivity contribution < 1.29 is 52.6 Å². The minimum Gasteiger partial charge on any atom is -0.392 e. The van der Waals surface area contributed by atoms with Crippen molar-refractivity contribution in [3.05, 3.63) is 71.8 Å². The third kappa shape index (κ3) is 16.6. The van der Waals surface area contributed by atoms with Crippen molar-refractivity contribution in [2.75, 3.05) is 135 Å². The number of hydrogen-bond donors (Lipinski definition) is 3. The molecule has 5 rings (SSSR count). The predicted molar refractivity (Wildman–Crippen MR) is 228 cm³/mol. The number of fused-ring (bicyclic) bond motifs is 1. The van der Waals surface area contributed by atoms with Gasteiger partial charge >= 0.3 is 0 Å². The Morgan fingerprint density at radius 1 is 0.689 bits per heavy atom. The highest BCUT2D eigenvalue weighted by Gasteiger charge is 2.42. The lowest BCUT2D eigenvalue weighted by atomic mass is 9.98. The van der Waals surface area contributed by atoms with E-state index in [0.717, 1.165) is 46.5 Å². The van der Waals surface area contributed by atoms with Gasteiger partial charge in [-0.3, -0.25) is 9.59 Å². The van der Waals surface area contributed by atoms with E-state index in [1.165, 1.54) is 0 Å². The third-order valence-electron chi connectivity index (χ3n) is 10.1. The fraction of sp³-hybridized carbons (Fsp3) is 0.591. The average Bonchev–Trinajstić information content (AvgIpc) is 4.13. The van der Waals surface area contributed by atoms with Gasteiger partial charge in [0.15, 0.2) is 0 Å². The first kappa shape index (κ1) is 47.9. The lowest BCUT2D eigenvalue weighted by Crippen LogP contribution is -2.52. The SMILES string of the molecule is CC(=O)N1c2ccc(-c3cnc(C(=O)NCCOCCOCCOCCOCCOCCOCCOCCOCCN)nc3)cc2N(Cc2ccccc2CO)C[C@@H]1C1CC1. The molecule has 2 aliphatic rings. The standard InChI is InChI=1S/C44H64N6O11/c1-34(52)50-40-9-8-36(28-41(40)49(32-42(50)35-6-7-35)31-37-4-2-3-5-38(37)33-51)39-29-47-43(48-30-39)44(53)46-11-13-55-15-17-57-19-21-59-23-25-61-27-26-60-24-22-58-20-18-56-16-14-54-12-10-45/h2-5,8-9,28-30,35,42,51H,6-7,10-27,31-33,45H2,1H3,(H,46,53)/t42-/m1/s1. The monoisotopic (exact) mass is 852 g/mol. The first-order chi connectivity index (χ1) is 30.0. The number of aliphatic hydroxyl groups excluding tert-OH is 1. The average molecular weight is 853 g/mol. The molecular formula is C44H64N6O11. The summed E-state index contributed by atoms with van der Waals surface area (Å²) in [7, 11) is 0. The number of aromatic nitrogens is 2. The van der Waals surface area contributed by atoms with Crippen LogP contribution in [0.5, 0.6) is 0 Å². The van der Waals surface area contributed by atoms with E-state index in [4.69, 9.17) is 43.6 Å². The zero-order chi connectivity index (χ0) is 42.9. The van der Waals surface area contributed by atoms with Gasteiger partial charge in [-0.15, -0.1) is 0 Å². The van der Waals surface area contributed by atoms with Crippen LogP contribution in [0.15, 0.2) is 54.9 Å². The highest BCUT2D eigenvalue weighted by Crippen LogP contribution is 2.45. The molecule has 17 heteroatoms. The van der Waals surface area contributed by atoms with E-state index in [2.05, 4.69) is 26.3 Å². The van der Waals surface area contributed by atoms with Gasteiger partial charge in [-0.05, 0) is 47.6 Å². The number of ether oxygens (including phenoxy) is 8. The molecule has 0 unspecified atom stereocenters. The van der Waals surface area contributed by atoms with Gasteiger partial charge < -0.3 is 63.9 Å². The van der Waals surface area contributed by atoms with E-state index in [-0.39, 0.29) is 24.4 Å². The van der Waals surface area contributed by atoms with Crippen LogP contribution in [0.3, 0.4) is 0 Å². The van der Waals surface area contributed by atoms with Crippen molar-refractivity contribution in [3.8, 4) is 11.1 Å². The summed E-state index contributed by atoms with van der Waals surface area (Å²) in [5.41, 5.74) is 10.7. The zero-order valence-corrected chi connectivity index (χ0v) is 35.5. The minimum absolute atomic E-state index is 0.0239. The number of hydrogen-bond acceptors (Lipinski definition) is 15. The summed E-state index contributed by atoms with van der Waals surface area (Å²) < 4.78 is 43.6. The number of anilines is 2. The molecule has 0 bridgehead atoms. The lowest BCUT2D eigenvalue weighted by molar-refractivity contribution is -0.117. The van der Waals surface area contributed by atoms with Crippen LogP contribution in [0.25, 0.3) is 11.1 Å². The summed E-state index contributed by atoms with van der Waals surface area (Å²) in [4.78, 5) is 38.7. The molecule has 1 aliphatic heterocycles. The molecule has 336 valence electrons. The zero-order valence-electron chi connectivity index (χ0n) is 35.5. The van der Waals surface area contributed by atoms with Crippen molar-refractivity contribution in [2.24, 2.45) is 11.7 Å². The Labute approximate surface area is 359 Å². The highest BCUT2D eigenvalue weighted by atomic mass is 16.6. The van der Waals surface area contributed by atoms with Crippen molar-refractivity contribution >= 4 is 23.2 Å². The van der Waals surface area contributed by atoms with Gasteiger partial charge in [-0.1, -0.05) is 30.3 Å². The van der Waals surface area contributed by atoms with Crippen LogP contribution in [0.4, 0.5) is 11.4 Å². The predicted octanol–water partition coefficient (Wildman–Crippen LogP) is 2.61. The molecular weight excluding hydrogens is 789 g/mol. The van der Waals surface area contributed by atoms with E-state index in [0.29, 0.717) is 138 Å². The molecule has 1 aromatic heterocycles. The molecule has 1 fully saturated rings. The fourth-order valence-corrected chi connectivity index (χ4v) is 6.84. The molecule has 2 heterocycles. The van der Waals surface area contributed by atoms with E-state index < -0.39 is 5.91 Å². The van der Waals surface area contributed by atoms with Crippen LogP contribution >= 0.6 is 0 Å². The van der Waals surface area contributed by atoms with Gasteiger partial charge in [-0.25, -0.2) is 9.97 Å². The van der Waals surface area contributed by atoms with Crippen molar-refractivity contribution in [1.82, 2.24) is 15.3 Å². The van der Waals surface area contributed by atoms with Crippen LogP contribution in [0.1, 0.15) is 41.5 Å². The first-order valence-corrected chi connectivity index (χ1v) is 21.3. The largest absolute Gasteiger partial charge is 0.392 e. The van der Waals surface area contributed by atoms with Gasteiger partial charge in [0, 0.05) is 51.1 Å². The number of benzene rings is 2. The molecule has 3 aromatic rings. The summed E-state index contributed by atoms with van der Waals surface area (Å²) in [6.07, 6.45) is 5.50. The number of nitrogens with two attached hydrogens (primary N) is 1. The second-order valence-corrected chi connectivity index (χ2v) is 14.5. The molecule has 4 N–H and O–H groups in total. The Morgan fingerprint density at radius 3 is 1.69 bits per heavy atom. The molecule has 17 nitrogen and oxygen atoms in total. The van der Waals surface area contributed by atoms with Crippen LogP contribution in [-0.4, -0.2) is 158 Å². The van der Waals surface area contributed by atoms with Crippen LogP contribution in [0, 0.1) is 5.92 Å². The van der Waals surface area contributed by atoms with E-state index in [1.54, 1.807) is 19.3 Å². The van der Waals surface area contributed by atoms with Gasteiger partial charge in [0.05, 0.1) is 130 Å². The molecule has 0 radical (unpaired) electrons.